The molecule has 2 N–H and O–H groups in total. The van der Waals surface area contributed by atoms with Crippen LogP contribution in [-0.2, 0) is 17.9 Å². The van der Waals surface area contributed by atoms with Crippen LogP contribution in [0.1, 0.15) is 25.1 Å². The van der Waals surface area contributed by atoms with E-state index in [0.717, 1.165) is 12.2 Å². The Morgan fingerprint density at radius 3 is 2.79 bits per heavy atom. The Bertz CT molecular complexity index is 522. The van der Waals surface area contributed by atoms with Gasteiger partial charge in [0.15, 0.2) is 5.82 Å². The molecule has 8 heteroatoms. The molecule has 1 aromatic rings. The second-order valence-corrected chi connectivity index (χ2v) is 5.03. The summed E-state index contributed by atoms with van der Waals surface area (Å²) in [5.74, 6) is -0.230. The number of hydrogen-bond donors (Lipinski definition) is 2. The molecule has 1 saturated carbocycles. The molecule has 2 heterocycles. The standard InChI is InChI=1S/C11H15N5O3/c17-9(18)11(2-1-3-11)13-10(19)15-4-5-16-7-12-14-8(16)6-15/h7H,1-6H2,(H,13,19)(H,17,18). The predicted octanol–water partition coefficient (Wildman–Crippen LogP) is -0.189. The molecule has 0 atom stereocenters. The fraction of sp³-hybridized carbons (Fsp3) is 0.636. The minimum absolute atomic E-state index is 0.337. The first-order valence-corrected chi connectivity index (χ1v) is 6.28. The van der Waals surface area contributed by atoms with Crippen molar-refractivity contribution in [2.75, 3.05) is 6.54 Å². The molecule has 0 spiro atoms. The number of nitrogens with zero attached hydrogens (tertiary/aromatic N) is 4. The molecule has 2 amide bonds. The van der Waals surface area contributed by atoms with Gasteiger partial charge < -0.3 is 19.9 Å². The summed E-state index contributed by atoms with van der Waals surface area (Å²) in [5.41, 5.74) is -1.07. The number of carboxylic acids is 1. The Kier molecular flexibility index (Phi) is 2.65. The summed E-state index contributed by atoms with van der Waals surface area (Å²) >= 11 is 0. The van der Waals surface area contributed by atoms with Crippen LogP contribution in [0.4, 0.5) is 4.79 Å². The second-order valence-electron chi connectivity index (χ2n) is 5.03. The number of carboxylic acid groups (broad SMARTS) is 1. The van der Waals surface area contributed by atoms with Gasteiger partial charge in [-0.15, -0.1) is 10.2 Å². The number of rotatable bonds is 2. The fourth-order valence-electron chi connectivity index (χ4n) is 2.45. The van der Waals surface area contributed by atoms with Crippen LogP contribution >= 0.6 is 0 Å². The Hall–Kier alpha value is -2.12. The van der Waals surface area contributed by atoms with E-state index >= 15 is 0 Å². The number of nitrogens with one attached hydrogen (secondary N) is 1. The first-order chi connectivity index (χ1) is 9.11. The lowest BCUT2D eigenvalue weighted by Gasteiger charge is -2.40. The van der Waals surface area contributed by atoms with Crippen LogP contribution in [0.3, 0.4) is 0 Å². The van der Waals surface area contributed by atoms with Gasteiger partial charge in [0, 0.05) is 13.1 Å². The zero-order valence-electron chi connectivity index (χ0n) is 10.4. The highest BCUT2D eigenvalue weighted by molar-refractivity contribution is 5.87. The molecule has 8 nitrogen and oxygen atoms in total. The molecule has 1 aliphatic heterocycles. The lowest BCUT2D eigenvalue weighted by atomic mass is 9.77. The topological polar surface area (TPSA) is 100 Å². The van der Waals surface area contributed by atoms with Crippen LogP contribution in [0.15, 0.2) is 6.33 Å². The van der Waals surface area contributed by atoms with E-state index in [1.807, 2.05) is 4.57 Å². The SMILES string of the molecule is O=C(NC1(C(=O)O)CCC1)N1CCn2cnnc2C1. The number of urea groups is 1. The van der Waals surface area contributed by atoms with Crippen molar-refractivity contribution >= 4 is 12.0 Å². The Morgan fingerprint density at radius 2 is 2.16 bits per heavy atom. The lowest BCUT2D eigenvalue weighted by molar-refractivity contribution is -0.148. The Labute approximate surface area is 109 Å². The normalized spacial score (nSPS) is 20.3. The molecule has 0 radical (unpaired) electrons. The highest BCUT2D eigenvalue weighted by atomic mass is 16.4. The molecule has 0 bridgehead atoms. The first-order valence-electron chi connectivity index (χ1n) is 6.28. The number of fused-ring (bicyclic) bond motifs is 1. The van der Waals surface area contributed by atoms with Crippen LogP contribution in [-0.4, -0.2) is 48.9 Å². The van der Waals surface area contributed by atoms with E-state index in [9.17, 15) is 14.7 Å². The molecule has 0 aromatic carbocycles. The van der Waals surface area contributed by atoms with Gasteiger partial charge >= 0.3 is 12.0 Å². The van der Waals surface area contributed by atoms with E-state index in [2.05, 4.69) is 15.5 Å². The predicted molar refractivity (Wildman–Crippen MR) is 63.2 cm³/mol. The number of aliphatic carboxylic acids is 1. The van der Waals surface area contributed by atoms with Gasteiger partial charge in [-0.3, -0.25) is 0 Å². The zero-order valence-corrected chi connectivity index (χ0v) is 10.4. The van der Waals surface area contributed by atoms with E-state index < -0.39 is 11.5 Å². The average Bonchev–Trinajstić information content (AvgIpc) is 2.79. The van der Waals surface area contributed by atoms with Gasteiger partial charge in [-0.1, -0.05) is 0 Å². The third-order valence-electron chi connectivity index (χ3n) is 3.89. The van der Waals surface area contributed by atoms with Crippen molar-refractivity contribution in [2.45, 2.75) is 37.9 Å². The first kappa shape index (κ1) is 11.9. The minimum Gasteiger partial charge on any atom is -0.480 e. The highest BCUT2D eigenvalue weighted by Crippen LogP contribution is 2.32. The van der Waals surface area contributed by atoms with Crippen molar-refractivity contribution in [1.29, 1.82) is 0 Å². The molecule has 2 aliphatic rings. The third kappa shape index (κ3) is 1.92. The van der Waals surface area contributed by atoms with Gasteiger partial charge in [0.1, 0.15) is 11.9 Å². The van der Waals surface area contributed by atoms with Gasteiger partial charge in [0.05, 0.1) is 6.54 Å². The van der Waals surface area contributed by atoms with E-state index in [-0.39, 0.29) is 6.03 Å². The number of hydrogen-bond acceptors (Lipinski definition) is 4. The van der Waals surface area contributed by atoms with Gasteiger partial charge in [-0.05, 0) is 19.3 Å². The van der Waals surface area contributed by atoms with Gasteiger partial charge in [-0.2, -0.15) is 0 Å². The van der Waals surface area contributed by atoms with E-state index in [0.29, 0.717) is 32.5 Å². The van der Waals surface area contributed by atoms with Gasteiger partial charge in [-0.25, -0.2) is 9.59 Å². The van der Waals surface area contributed by atoms with Crippen LogP contribution in [0.2, 0.25) is 0 Å². The van der Waals surface area contributed by atoms with Crippen LogP contribution in [0.25, 0.3) is 0 Å². The van der Waals surface area contributed by atoms with Crippen molar-refractivity contribution in [3.63, 3.8) is 0 Å². The molecule has 102 valence electrons. The molecule has 0 unspecified atom stereocenters. The molecule has 1 aromatic heterocycles. The molecule has 1 fully saturated rings. The van der Waals surface area contributed by atoms with E-state index in [4.69, 9.17) is 0 Å². The number of aromatic nitrogens is 3. The van der Waals surface area contributed by atoms with Crippen molar-refractivity contribution in [1.82, 2.24) is 25.0 Å². The van der Waals surface area contributed by atoms with Gasteiger partial charge in [0.2, 0.25) is 0 Å². The molecule has 1 aliphatic carbocycles. The van der Waals surface area contributed by atoms with E-state index in [1.165, 1.54) is 0 Å². The molecular weight excluding hydrogens is 250 g/mol. The Morgan fingerprint density at radius 1 is 1.37 bits per heavy atom. The third-order valence-corrected chi connectivity index (χ3v) is 3.89. The van der Waals surface area contributed by atoms with Crippen molar-refractivity contribution in [3.8, 4) is 0 Å². The summed E-state index contributed by atoms with van der Waals surface area (Å²) in [6.07, 6.45) is 3.46. The highest BCUT2D eigenvalue weighted by Gasteiger charge is 2.46. The molecule has 0 saturated heterocycles. The van der Waals surface area contributed by atoms with Gasteiger partial charge in [0.25, 0.3) is 0 Å². The number of carbonyl (C=O) groups excluding carboxylic acids is 1. The lowest BCUT2D eigenvalue weighted by Crippen LogP contribution is -2.62. The monoisotopic (exact) mass is 265 g/mol. The summed E-state index contributed by atoms with van der Waals surface area (Å²) < 4.78 is 1.89. The minimum atomic E-state index is -1.07. The van der Waals surface area contributed by atoms with Crippen LogP contribution < -0.4 is 5.32 Å². The quantitative estimate of drug-likeness (QED) is 0.772. The van der Waals surface area contributed by atoms with Crippen molar-refractivity contribution in [3.05, 3.63) is 12.2 Å². The number of carbonyl (C=O) groups is 2. The van der Waals surface area contributed by atoms with Crippen LogP contribution in [0, 0.1) is 0 Å². The number of amides is 2. The molecule has 19 heavy (non-hydrogen) atoms. The maximum atomic E-state index is 12.1. The summed E-state index contributed by atoms with van der Waals surface area (Å²) in [4.78, 5) is 24.9. The average molecular weight is 265 g/mol. The van der Waals surface area contributed by atoms with Crippen molar-refractivity contribution < 1.29 is 14.7 Å². The summed E-state index contributed by atoms with van der Waals surface area (Å²) in [5, 5.41) is 19.6. The Balaban J connectivity index is 1.67. The summed E-state index contributed by atoms with van der Waals surface area (Å²) in [7, 11) is 0. The molecular formula is C11H15N5O3. The van der Waals surface area contributed by atoms with Crippen molar-refractivity contribution in [2.24, 2.45) is 0 Å². The maximum absolute atomic E-state index is 12.1. The largest absolute Gasteiger partial charge is 0.480 e. The zero-order chi connectivity index (χ0) is 13.5. The smallest absolute Gasteiger partial charge is 0.329 e. The fourth-order valence-corrected chi connectivity index (χ4v) is 2.45. The van der Waals surface area contributed by atoms with E-state index in [1.54, 1.807) is 11.2 Å². The molecule has 3 rings (SSSR count). The summed E-state index contributed by atoms with van der Waals surface area (Å²) in [6.45, 7) is 1.53. The summed E-state index contributed by atoms with van der Waals surface area (Å²) in [6, 6.07) is -0.337. The maximum Gasteiger partial charge on any atom is 0.329 e. The van der Waals surface area contributed by atoms with Crippen LogP contribution in [0.5, 0.6) is 0 Å². The second kappa shape index (κ2) is 4.22.